The molecule has 5 nitrogen and oxygen atoms in total. The van der Waals surface area contributed by atoms with Crippen LogP contribution in [0.4, 0.5) is 0 Å². The topological polar surface area (TPSA) is 90.2 Å². The molecular weight excluding hydrogens is 164 g/mol. The van der Waals surface area contributed by atoms with E-state index in [0.717, 1.165) is 0 Å². The molecule has 5 atom stereocenters. The normalized spacial score (nSPS) is 48.4. The van der Waals surface area contributed by atoms with E-state index in [9.17, 15) is 0 Å². The molecule has 0 amide bonds. The first-order chi connectivity index (χ1) is 5.57. The quantitative estimate of drug-likeness (QED) is 0.303. The third kappa shape index (κ3) is 1.43. The number of terminal acetylenes is 1. The summed E-state index contributed by atoms with van der Waals surface area (Å²) in [4.78, 5) is 0. The largest absolute Gasteiger partial charge is 0.387 e. The van der Waals surface area contributed by atoms with Gasteiger partial charge in [-0.3, -0.25) is 0 Å². The first-order valence-electron chi connectivity index (χ1n) is 3.41. The molecule has 1 aliphatic heterocycles. The van der Waals surface area contributed by atoms with Crippen LogP contribution < -0.4 is 0 Å². The first-order valence-corrected chi connectivity index (χ1v) is 3.41. The Labute approximate surface area is 69.2 Å². The summed E-state index contributed by atoms with van der Waals surface area (Å²) in [5.74, 6) is 2.03. The standard InChI is InChI=1S/C7H10O5/c1-2-3-4(8)5(9)6(10)7(11)12-3/h1,3-11H/t3?,4-,5-,6?,7?/m1/s1. The van der Waals surface area contributed by atoms with E-state index < -0.39 is 30.7 Å². The predicted octanol–water partition coefficient (Wildman–Crippen LogP) is -2.58. The molecule has 0 aromatic carbocycles. The number of hydrogen-bond acceptors (Lipinski definition) is 5. The van der Waals surface area contributed by atoms with Crippen molar-refractivity contribution in [1.29, 1.82) is 0 Å². The van der Waals surface area contributed by atoms with Crippen molar-refractivity contribution >= 4 is 0 Å². The molecule has 1 heterocycles. The number of aliphatic hydroxyl groups is 4. The highest BCUT2D eigenvalue weighted by molar-refractivity contribution is 5.04. The van der Waals surface area contributed by atoms with Gasteiger partial charge in [0.05, 0.1) is 0 Å². The van der Waals surface area contributed by atoms with E-state index in [-0.39, 0.29) is 0 Å². The summed E-state index contributed by atoms with van der Waals surface area (Å²) in [6, 6.07) is 0. The molecule has 1 fully saturated rings. The molecule has 1 aliphatic rings. The molecule has 5 heteroatoms. The number of hydrogen-bond donors (Lipinski definition) is 4. The minimum Gasteiger partial charge on any atom is -0.387 e. The monoisotopic (exact) mass is 174 g/mol. The fourth-order valence-electron chi connectivity index (χ4n) is 0.999. The van der Waals surface area contributed by atoms with Crippen LogP contribution in [-0.2, 0) is 4.74 Å². The lowest BCUT2D eigenvalue weighted by Gasteiger charge is -2.35. The summed E-state index contributed by atoms with van der Waals surface area (Å²) in [6.45, 7) is 0. The SMILES string of the molecule is C#CC1OC(O)C(O)[C@H](O)[C@@H]1O. The lowest BCUT2D eigenvalue weighted by atomic mass is 10.00. The minimum absolute atomic E-state index is 1.08. The number of aliphatic hydroxyl groups excluding tert-OH is 4. The summed E-state index contributed by atoms with van der Waals surface area (Å²) in [7, 11) is 0. The van der Waals surface area contributed by atoms with Gasteiger partial charge < -0.3 is 25.2 Å². The van der Waals surface area contributed by atoms with Gasteiger partial charge in [-0.1, -0.05) is 5.92 Å². The predicted molar refractivity (Wildman–Crippen MR) is 37.7 cm³/mol. The molecule has 0 aromatic rings. The third-order valence-electron chi connectivity index (χ3n) is 1.75. The summed E-state index contributed by atoms with van der Waals surface area (Å²) < 4.78 is 4.59. The highest BCUT2D eigenvalue weighted by atomic mass is 16.6. The van der Waals surface area contributed by atoms with Gasteiger partial charge in [0.2, 0.25) is 0 Å². The molecule has 0 saturated carbocycles. The Balaban J connectivity index is 2.72. The zero-order valence-electron chi connectivity index (χ0n) is 6.16. The summed E-state index contributed by atoms with van der Waals surface area (Å²) >= 11 is 0. The molecule has 1 rings (SSSR count). The van der Waals surface area contributed by atoms with Gasteiger partial charge in [-0.05, 0) is 0 Å². The average molecular weight is 174 g/mol. The molecule has 0 aliphatic carbocycles. The van der Waals surface area contributed by atoms with E-state index in [1.807, 2.05) is 5.92 Å². The fraction of sp³-hybridized carbons (Fsp3) is 0.714. The molecule has 4 N–H and O–H groups in total. The molecule has 12 heavy (non-hydrogen) atoms. The van der Waals surface area contributed by atoms with Crippen LogP contribution in [0.3, 0.4) is 0 Å². The average Bonchev–Trinajstić information content (AvgIpc) is 2.08. The van der Waals surface area contributed by atoms with Crippen LogP contribution in [0.1, 0.15) is 0 Å². The second-order valence-corrected chi connectivity index (χ2v) is 2.59. The van der Waals surface area contributed by atoms with Crippen molar-refractivity contribution in [2.75, 3.05) is 0 Å². The van der Waals surface area contributed by atoms with Crippen molar-refractivity contribution in [3.63, 3.8) is 0 Å². The number of rotatable bonds is 0. The second-order valence-electron chi connectivity index (χ2n) is 2.59. The maximum absolute atomic E-state index is 9.14. The van der Waals surface area contributed by atoms with E-state index in [2.05, 4.69) is 4.74 Å². The van der Waals surface area contributed by atoms with Gasteiger partial charge in [-0.2, -0.15) is 0 Å². The minimum atomic E-state index is -1.55. The van der Waals surface area contributed by atoms with Crippen molar-refractivity contribution in [1.82, 2.24) is 0 Å². The van der Waals surface area contributed by atoms with Crippen LogP contribution in [0.25, 0.3) is 0 Å². The van der Waals surface area contributed by atoms with Gasteiger partial charge in [0.25, 0.3) is 0 Å². The maximum atomic E-state index is 9.14. The van der Waals surface area contributed by atoms with E-state index in [1.54, 1.807) is 0 Å². The van der Waals surface area contributed by atoms with E-state index in [1.165, 1.54) is 0 Å². The maximum Gasteiger partial charge on any atom is 0.185 e. The zero-order valence-corrected chi connectivity index (χ0v) is 6.16. The summed E-state index contributed by atoms with van der Waals surface area (Å²) in [6.07, 6.45) is -2.08. The van der Waals surface area contributed by atoms with Crippen molar-refractivity contribution in [3.05, 3.63) is 0 Å². The Morgan fingerprint density at radius 1 is 1.00 bits per heavy atom. The summed E-state index contributed by atoms with van der Waals surface area (Å²) in [5, 5.41) is 36.1. The van der Waals surface area contributed by atoms with Gasteiger partial charge in [0, 0.05) is 0 Å². The molecule has 3 unspecified atom stereocenters. The van der Waals surface area contributed by atoms with Crippen LogP contribution >= 0.6 is 0 Å². The molecule has 0 aromatic heterocycles. The van der Waals surface area contributed by atoms with Gasteiger partial charge in [-0.15, -0.1) is 6.42 Å². The Kier molecular flexibility index (Phi) is 2.67. The van der Waals surface area contributed by atoms with Crippen LogP contribution in [-0.4, -0.2) is 51.1 Å². The molecular formula is C7H10O5. The first kappa shape index (κ1) is 9.45. The zero-order chi connectivity index (χ0) is 9.30. The Morgan fingerprint density at radius 2 is 1.58 bits per heavy atom. The Morgan fingerprint density at radius 3 is 2.08 bits per heavy atom. The number of ether oxygens (including phenoxy) is 1. The van der Waals surface area contributed by atoms with Crippen molar-refractivity contribution in [2.24, 2.45) is 0 Å². The molecule has 0 bridgehead atoms. The lowest BCUT2D eigenvalue weighted by Crippen LogP contribution is -2.56. The van der Waals surface area contributed by atoms with Crippen molar-refractivity contribution < 1.29 is 25.2 Å². The van der Waals surface area contributed by atoms with Gasteiger partial charge in [0.15, 0.2) is 6.29 Å². The van der Waals surface area contributed by atoms with E-state index >= 15 is 0 Å². The van der Waals surface area contributed by atoms with Gasteiger partial charge >= 0.3 is 0 Å². The summed E-state index contributed by atoms with van der Waals surface area (Å²) in [5.41, 5.74) is 0. The third-order valence-corrected chi connectivity index (χ3v) is 1.75. The van der Waals surface area contributed by atoms with Crippen LogP contribution in [0.2, 0.25) is 0 Å². The highest BCUT2D eigenvalue weighted by Crippen LogP contribution is 2.18. The second kappa shape index (κ2) is 3.39. The van der Waals surface area contributed by atoms with Crippen LogP contribution in [0, 0.1) is 12.3 Å². The van der Waals surface area contributed by atoms with E-state index in [0.29, 0.717) is 0 Å². The fourth-order valence-corrected chi connectivity index (χ4v) is 0.999. The molecule has 0 radical (unpaired) electrons. The van der Waals surface area contributed by atoms with Crippen molar-refractivity contribution in [3.8, 4) is 12.3 Å². The lowest BCUT2D eigenvalue weighted by molar-refractivity contribution is -0.269. The van der Waals surface area contributed by atoms with E-state index in [4.69, 9.17) is 26.8 Å². The Bertz CT molecular complexity index is 198. The highest BCUT2D eigenvalue weighted by Gasteiger charge is 2.42. The Hall–Kier alpha value is -0.640. The molecule has 1 saturated heterocycles. The molecule has 68 valence electrons. The molecule has 0 spiro atoms. The smallest absolute Gasteiger partial charge is 0.185 e. The van der Waals surface area contributed by atoms with Gasteiger partial charge in [0.1, 0.15) is 24.4 Å². The van der Waals surface area contributed by atoms with Crippen molar-refractivity contribution in [2.45, 2.75) is 30.7 Å². The van der Waals surface area contributed by atoms with Gasteiger partial charge in [-0.25, -0.2) is 0 Å². The van der Waals surface area contributed by atoms with Crippen LogP contribution in [0.15, 0.2) is 0 Å². The van der Waals surface area contributed by atoms with Crippen LogP contribution in [0.5, 0.6) is 0 Å².